The van der Waals surface area contributed by atoms with E-state index < -0.39 is 28.7 Å². The summed E-state index contributed by atoms with van der Waals surface area (Å²) in [5, 5.41) is 10.3. The van der Waals surface area contributed by atoms with Crippen LogP contribution in [0.1, 0.15) is 25.8 Å². The van der Waals surface area contributed by atoms with Crippen LogP contribution in [0.2, 0.25) is 0 Å². The molecule has 3 amide bonds. The zero-order chi connectivity index (χ0) is 27.8. The molecule has 7 atom stereocenters. The first-order valence-corrected chi connectivity index (χ1v) is 15.0. The fraction of sp³-hybridized carbons (Fsp3) is 0.552. The molecule has 38 heavy (non-hydrogen) atoms. The number of rotatable bonds is 11. The van der Waals surface area contributed by atoms with Crippen molar-refractivity contribution in [1.29, 1.82) is 0 Å². The molecule has 4 rings (SSSR count). The van der Waals surface area contributed by atoms with E-state index in [1.165, 1.54) is 0 Å². The molecule has 1 spiro atoms. The summed E-state index contributed by atoms with van der Waals surface area (Å²) in [4.78, 5) is 47.6. The number of carbonyl (C=O) groups is 3. The lowest BCUT2D eigenvalue weighted by Crippen LogP contribution is -2.58. The van der Waals surface area contributed by atoms with Gasteiger partial charge in [-0.2, -0.15) is 0 Å². The van der Waals surface area contributed by atoms with E-state index in [-0.39, 0.29) is 40.3 Å². The second kappa shape index (κ2) is 11.6. The monoisotopic (exact) mass is 603 g/mol. The molecule has 3 heterocycles. The maximum Gasteiger partial charge on any atom is 0.247 e. The van der Waals surface area contributed by atoms with Gasteiger partial charge in [0.05, 0.1) is 29.2 Å². The zero-order valence-corrected chi connectivity index (χ0v) is 24.7. The van der Waals surface area contributed by atoms with Crippen LogP contribution in [0, 0.1) is 17.8 Å². The van der Waals surface area contributed by atoms with E-state index in [2.05, 4.69) is 29.1 Å². The topological polar surface area (TPSA) is 81.2 Å². The summed E-state index contributed by atoms with van der Waals surface area (Å²) in [6.07, 6.45) is 3.97. The van der Waals surface area contributed by atoms with Crippen molar-refractivity contribution in [1.82, 2.24) is 14.7 Å². The molecule has 0 aliphatic carbocycles. The van der Waals surface area contributed by atoms with Gasteiger partial charge in [0.15, 0.2) is 0 Å². The molecule has 3 aliphatic heterocycles. The third kappa shape index (κ3) is 4.75. The molecule has 1 aromatic carbocycles. The number of amides is 3. The molecule has 0 saturated carbocycles. The van der Waals surface area contributed by atoms with Crippen LogP contribution in [0.15, 0.2) is 55.6 Å². The van der Waals surface area contributed by atoms with Crippen LogP contribution in [0.5, 0.6) is 0 Å². The van der Waals surface area contributed by atoms with Crippen molar-refractivity contribution in [3.63, 3.8) is 0 Å². The summed E-state index contributed by atoms with van der Waals surface area (Å²) in [6.45, 7) is 12.4. The molecule has 1 aromatic rings. The molecule has 1 N–H and O–H groups in total. The fourth-order valence-electron chi connectivity index (χ4n) is 6.51. The summed E-state index contributed by atoms with van der Waals surface area (Å²) in [7, 11) is 1.73. The van der Waals surface area contributed by atoms with Gasteiger partial charge in [0.25, 0.3) is 0 Å². The first-order chi connectivity index (χ1) is 18.1. The Kier molecular flexibility index (Phi) is 8.79. The molecule has 9 heteroatoms. The minimum atomic E-state index is -0.791. The largest absolute Gasteiger partial charge is 0.394 e. The SMILES string of the molecule is C=CCN(C)C(=O)[C@H]1[C@@H]2SC3(CC2Br)C(C(=O)N(CC=C)Cc2ccccc2)N([C@@H](CO)C(C)C)C(=O)[C@H]13. The molecule has 3 saturated heterocycles. The van der Waals surface area contributed by atoms with Crippen molar-refractivity contribution in [2.75, 3.05) is 26.7 Å². The smallest absolute Gasteiger partial charge is 0.247 e. The normalized spacial score (nSPS) is 30.3. The number of fused-ring (bicyclic) bond motifs is 1. The molecular weight excluding hydrogens is 566 g/mol. The van der Waals surface area contributed by atoms with Crippen molar-refractivity contribution in [2.24, 2.45) is 17.8 Å². The van der Waals surface area contributed by atoms with Gasteiger partial charge < -0.3 is 19.8 Å². The highest BCUT2D eigenvalue weighted by atomic mass is 79.9. The second-order valence-corrected chi connectivity index (χ2v) is 13.6. The number of hydrogen-bond acceptors (Lipinski definition) is 5. The Morgan fingerprint density at radius 3 is 2.45 bits per heavy atom. The summed E-state index contributed by atoms with van der Waals surface area (Å²) in [5.74, 6) is -1.72. The van der Waals surface area contributed by atoms with E-state index in [1.807, 2.05) is 44.2 Å². The lowest BCUT2D eigenvalue weighted by molar-refractivity contribution is -0.147. The first-order valence-electron chi connectivity index (χ1n) is 13.2. The summed E-state index contributed by atoms with van der Waals surface area (Å²) in [6, 6.07) is 8.43. The highest BCUT2D eigenvalue weighted by Crippen LogP contribution is 2.68. The van der Waals surface area contributed by atoms with Crippen molar-refractivity contribution in [3.05, 3.63) is 61.2 Å². The molecule has 2 bridgehead atoms. The third-order valence-corrected chi connectivity index (χ3v) is 11.4. The van der Waals surface area contributed by atoms with Crippen LogP contribution in [0.3, 0.4) is 0 Å². The number of thioether (sulfide) groups is 1. The second-order valence-electron chi connectivity index (χ2n) is 10.9. The Morgan fingerprint density at radius 2 is 1.87 bits per heavy atom. The third-order valence-electron chi connectivity index (χ3n) is 8.22. The van der Waals surface area contributed by atoms with Crippen molar-refractivity contribution >= 4 is 45.4 Å². The number of carbonyl (C=O) groups excluding carboxylic acids is 3. The molecule has 3 unspecified atom stereocenters. The Balaban J connectivity index is 1.81. The van der Waals surface area contributed by atoms with Crippen LogP contribution in [0.25, 0.3) is 0 Å². The van der Waals surface area contributed by atoms with Crippen LogP contribution in [0.4, 0.5) is 0 Å². The lowest BCUT2D eigenvalue weighted by Gasteiger charge is -2.41. The minimum absolute atomic E-state index is 0.00788. The average Bonchev–Trinajstić information content (AvgIpc) is 3.48. The van der Waals surface area contributed by atoms with E-state index in [9.17, 15) is 19.5 Å². The van der Waals surface area contributed by atoms with E-state index in [4.69, 9.17) is 0 Å². The van der Waals surface area contributed by atoms with Gasteiger partial charge in [-0.3, -0.25) is 14.4 Å². The zero-order valence-electron chi connectivity index (χ0n) is 22.3. The van der Waals surface area contributed by atoms with Crippen LogP contribution in [-0.2, 0) is 20.9 Å². The number of aliphatic hydroxyl groups excluding tert-OH is 1. The maximum atomic E-state index is 14.5. The van der Waals surface area contributed by atoms with E-state index in [0.717, 1.165) is 5.56 Å². The van der Waals surface area contributed by atoms with Gasteiger partial charge in [0, 0.05) is 36.8 Å². The number of hydrogen-bond donors (Lipinski definition) is 1. The van der Waals surface area contributed by atoms with Gasteiger partial charge in [-0.25, -0.2) is 0 Å². The molecule has 7 nitrogen and oxygen atoms in total. The highest BCUT2D eigenvalue weighted by Gasteiger charge is 2.76. The van der Waals surface area contributed by atoms with E-state index in [1.54, 1.807) is 45.7 Å². The number of alkyl halides is 1. The first kappa shape index (κ1) is 28.9. The Labute approximate surface area is 238 Å². The predicted molar refractivity (Wildman–Crippen MR) is 155 cm³/mol. The molecule has 3 fully saturated rings. The molecular formula is C29H38BrN3O4S. The summed E-state index contributed by atoms with van der Waals surface area (Å²) in [5.41, 5.74) is 0.982. The average molecular weight is 605 g/mol. The number of likely N-dealkylation sites (N-methyl/N-ethyl adjacent to an activating group) is 1. The summed E-state index contributed by atoms with van der Waals surface area (Å²) >= 11 is 5.43. The number of aliphatic hydroxyl groups is 1. The quantitative estimate of drug-likeness (QED) is 0.310. The van der Waals surface area contributed by atoms with Crippen LogP contribution < -0.4 is 0 Å². The van der Waals surface area contributed by atoms with Crippen molar-refractivity contribution < 1.29 is 19.5 Å². The molecule has 0 radical (unpaired) electrons. The number of nitrogens with zero attached hydrogens (tertiary/aromatic N) is 3. The number of halogens is 1. The van der Waals surface area contributed by atoms with Gasteiger partial charge >= 0.3 is 0 Å². The lowest BCUT2D eigenvalue weighted by atomic mass is 9.70. The highest BCUT2D eigenvalue weighted by molar-refractivity contribution is 9.09. The Bertz CT molecular complexity index is 1080. The minimum Gasteiger partial charge on any atom is -0.394 e. The van der Waals surface area contributed by atoms with Crippen molar-refractivity contribution in [3.8, 4) is 0 Å². The van der Waals surface area contributed by atoms with Gasteiger partial charge in [-0.05, 0) is 17.9 Å². The van der Waals surface area contributed by atoms with Crippen LogP contribution in [-0.4, -0.2) is 91.2 Å². The molecule has 206 valence electrons. The predicted octanol–water partition coefficient (Wildman–Crippen LogP) is 3.33. The van der Waals surface area contributed by atoms with Gasteiger partial charge in [-0.15, -0.1) is 24.9 Å². The number of likely N-dealkylation sites (tertiary alicyclic amines) is 1. The number of benzene rings is 1. The maximum absolute atomic E-state index is 14.5. The van der Waals surface area contributed by atoms with Crippen LogP contribution >= 0.6 is 27.7 Å². The Morgan fingerprint density at radius 1 is 1.21 bits per heavy atom. The summed E-state index contributed by atoms with van der Waals surface area (Å²) < 4.78 is -0.763. The van der Waals surface area contributed by atoms with E-state index >= 15 is 0 Å². The Hall–Kier alpha value is -2.10. The van der Waals surface area contributed by atoms with Gasteiger partial charge in [-0.1, -0.05) is 72.3 Å². The molecule has 0 aromatic heterocycles. The fourth-order valence-corrected chi connectivity index (χ4v) is 10.1. The van der Waals surface area contributed by atoms with Crippen molar-refractivity contribution in [2.45, 2.75) is 53.7 Å². The van der Waals surface area contributed by atoms with Gasteiger partial charge in [0.1, 0.15) is 6.04 Å². The molecule has 3 aliphatic rings. The van der Waals surface area contributed by atoms with Gasteiger partial charge in [0.2, 0.25) is 17.7 Å². The standard InChI is InChI=1S/C29H38BrN3O4S/c1-6-13-31(5)26(35)22-23-27(36)33(21(17-34)18(3)4)25(29(23)15-20(30)24(22)38-29)28(37)32(14-7-2)16-19-11-9-8-10-12-19/h6-12,18,20-25,34H,1-2,13-17H2,3-5H3/t20?,21-,22+,23-,24+,25?,29?/m0/s1. The van der Waals surface area contributed by atoms with E-state index in [0.29, 0.717) is 26.1 Å².